The van der Waals surface area contributed by atoms with Crippen molar-refractivity contribution in [3.8, 4) is 0 Å². The lowest BCUT2D eigenvalue weighted by molar-refractivity contribution is 0.534. The highest BCUT2D eigenvalue weighted by Crippen LogP contribution is 2.34. The van der Waals surface area contributed by atoms with Crippen LogP contribution in [0.3, 0.4) is 0 Å². The van der Waals surface area contributed by atoms with Gasteiger partial charge < -0.3 is 5.32 Å². The van der Waals surface area contributed by atoms with Gasteiger partial charge in [-0.3, -0.25) is 0 Å². The number of benzene rings is 2. The number of hydrogen-bond acceptors (Lipinski definition) is 1. The van der Waals surface area contributed by atoms with Crippen LogP contribution in [-0.2, 0) is 13.0 Å². The van der Waals surface area contributed by atoms with Gasteiger partial charge in [0.15, 0.2) is 0 Å². The van der Waals surface area contributed by atoms with Gasteiger partial charge in [0.1, 0.15) is 5.82 Å². The molecule has 2 heteroatoms. The molecule has 1 N–H and O–H groups in total. The molecule has 1 aliphatic carbocycles. The Labute approximate surface area is 119 Å². The molecule has 0 amide bonds. The van der Waals surface area contributed by atoms with Gasteiger partial charge in [-0.1, -0.05) is 36.4 Å². The first kappa shape index (κ1) is 13.3. The minimum atomic E-state index is -0.0818. The summed E-state index contributed by atoms with van der Waals surface area (Å²) in [6.07, 6.45) is 1.17. The number of aryl methyl sites for hydroxylation is 2. The van der Waals surface area contributed by atoms with Crippen LogP contribution in [0, 0.1) is 19.7 Å². The molecule has 1 aliphatic rings. The van der Waals surface area contributed by atoms with E-state index in [4.69, 9.17) is 0 Å². The fourth-order valence-electron chi connectivity index (χ4n) is 3.07. The molecule has 0 radical (unpaired) electrons. The zero-order valence-electron chi connectivity index (χ0n) is 12.0. The second-order valence-electron chi connectivity index (χ2n) is 5.77. The van der Waals surface area contributed by atoms with E-state index in [1.165, 1.54) is 17.5 Å². The first-order valence-corrected chi connectivity index (χ1v) is 7.19. The van der Waals surface area contributed by atoms with Crippen LogP contribution >= 0.6 is 0 Å². The smallest absolute Gasteiger partial charge is 0.129 e. The van der Waals surface area contributed by atoms with Gasteiger partial charge in [-0.05, 0) is 48.1 Å². The van der Waals surface area contributed by atoms with Crippen molar-refractivity contribution in [1.82, 2.24) is 5.32 Å². The van der Waals surface area contributed by atoms with Gasteiger partial charge in [0.05, 0.1) is 0 Å². The van der Waals surface area contributed by atoms with E-state index in [0.717, 1.165) is 29.8 Å². The minimum absolute atomic E-state index is 0.0818. The van der Waals surface area contributed by atoms with E-state index in [0.29, 0.717) is 5.92 Å². The molecular weight excluding hydrogens is 249 g/mol. The van der Waals surface area contributed by atoms with Crippen LogP contribution in [0.25, 0.3) is 0 Å². The van der Waals surface area contributed by atoms with Crippen molar-refractivity contribution in [3.63, 3.8) is 0 Å². The highest BCUT2D eigenvalue weighted by molar-refractivity contribution is 5.40. The van der Waals surface area contributed by atoms with Crippen LogP contribution < -0.4 is 5.32 Å². The second kappa shape index (κ2) is 5.37. The molecule has 2 aromatic carbocycles. The topological polar surface area (TPSA) is 12.0 Å². The van der Waals surface area contributed by atoms with E-state index in [-0.39, 0.29) is 5.82 Å². The molecule has 0 aromatic heterocycles. The SMILES string of the molecule is Cc1cc(CNCC2Cc3ccccc32)cc(C)c1F. The monoisotopic (exact) mass is 269 g/mol. The molecule has 1 nitrogen and oxygen atoms in total. The van der Waals surface area contributed by atoms with Gasteiger partial charge in [-0.15, -0.1) is 0 Å². The summed E-state index contributed by atoms with van der Waals surface area (Å²) in [5.74, 6) is 0.551. The Kier molecular flexibility index (Phi) is 3.58. The van der Waals surface area contributed by atoms with Crippen molar-refractivity contribution in [1.29, 1.82) is 0 Å². The molecule has 0 spiro atoms. The summed E-state index contributed by atoms with van der Waals surface area (Å²) in [7, 11) is 0. The van der Waals surface area contributed by atoms with Gasteiger partial charge in [-0.2, -0.15) is 0 Å². The van der Waals surface area contributed by atoms with Gasteiger partial charge in [0, 0.05) is 19.0 Å². The molecule has 0 fully saturated rings. The molecule has 0 saturated heterocycles. The van der Waals surface area contributed by atoms with E-state index in [1.54, 1.807) is 0 Å². The van der Waals surface area contributed by atoms with E-state index in [2.05, 4.69) is 29.6 Å². The summed E-state index contributed by atoms with van der Waals surface area (Å²) >= 11 is 0. The lowest BCUT2D eigenvalue weighted by Crippen LogP contribution is -2.28. The van der Waals surface area contributed by atoms with E-state index >= 15 is 0 Å². The number of fused-ring (bicyclic) bond motifs is 1. The van der Waals surface area contributed by atoms with E-state index < -0.39 is 0 Å². The minimum Gasteiger partial charge on any atom is -0.312 e. The maximum absolute atomic E-state index is 13.6. The van der Waals surface area contributed by atoms with E-state index in [9.17, 15) is 4.39 Å². The molecule has 1 unspecified atom stereocenters. The Bertz CT molecular complexity index is 610. The number of rotatable bonds is 4. The largest absolute Gasteiger partial charge is 0.312 e. The standard InChI is InChI=1S/C18H20FN/c1-12-7-14(8-13(2)18(12)19)10-20-11-16-9-15-5-3-4-6-17(15)16/h3-8,16,20H,9-11H2,1-2H3. The second-order valence-corrected chi connectivity index (χ2v) is 5.77. The predicted octanol–water partition coefficient (Wildman–Crippen LogP) is 3.87. The Morgan fingerprint density at radius 3 is 2.55 bits per heavy atom. The Morgan fingerprint density at radius 2 is 1.85 bits per heavy atom. The zero-order valence-corrected chi connectivity index (χ0v) is 12.0. The highest BCUT2D eigenvalue weighted by atomic mass is 19.1. The van der Waals surface area contributed by atoms with Crippen molar-refractivity contribution in [2.75, 3.05) is 6.54 Å². The van der Waals surface area contributed by atoms with Crippen LogP contribution in [0.4, 0.5) is 4.39 Å². The van der Waals surface area contributed by atoms with Crippen molar-refractivity contribution in [2.24, 2.45) is 0 Å². The Balaban J connectivity index is 1.57. The third-order valence-corrected chi connectivity index (χ3v) is 4.18. The molecule has 1 atom stereocenters. The van der Waals surface area contributed by atoms with Crippen molar-refractivity contribution < 1.29 is 4.39 Å². The average molecular weight is 269 g/mol. The van der Waals surface area contributed by atoms with Gasteiger partial charge in [-0.25, -0.2) is 4.39 Å². The number of halogens is 1. The molecule has 0 bridgehead atoms. The summed E-state index contributed by atoms with van der Waals surface area (Å²) in [6.45, 7) is 5.45. The van der Waals surface area contributed by atoms with Crippen molar-refractivity contribution in [2.45, 2.75) is 32.7 Å². The van der Waals surface area contributed by atoms with Crippen molar-refractivity contribution in [3.05, 3.63) is 70.0 Å². The van der Waals surface area contributed by atoms with Gasteiger partial charge >= 0.3 is 0 Å². The average Bonchev–Trinajstić information content (AvgIpc) is 2.41. The molecule has 0 saturated carbocycles. The highest BCUT2D eigenvalue weighted by Gasteiger charge is 2.24. The summed E-state index contributed by atoms with van der Waals surface area (Å²) < 4.78 is 13.6. The third kappa shape index (κ3) is 2.48. The van der Waals surface area contributed by atoms with Crippen molar-refractivity contribution >= 4 is 0 Å². The molecule has 104 valence electrons. The predicted molar refractivity (Wildman–Crippen MR) is 80.5 cm³/mol. The fraction of sp³-hybridized carbons (Fsp3) is 0.333. The molecule has 2 aromatic rings. The molecule has 20 heavy (non-hydrogen) atoms. The number of hydrogen-bond donors (Lipinski definition) is 1. The lowest BCUT2D eigenvalue weighted by Gasteiger charge is -2.30. The van der Waals surface area contributed by atoms with Crippen LogP contribution in [0.5, 0.6) is 0 Å². The summed E-state index contributed by atoms with van der Waals surface area (Å²) in [6, 6.07) is 12.5. The summed E-state index contributed by atoms with van der Waals surface area (Å²) in [5.41, 5.74) is 5.58. The number of nitrogens with one attached hydrogen (secondary N) is 1. The Hall–Kier alpha value is -1.67. The van der Waals surface area contributed by atoms with Crippen LogP contribution in [0.15, 0.2) is 36.4 Å². The lowest BCUT2D eigenvalue weighted by atomic mass is 9.77. The fourth-order valence-corrected chi connectivity index (χ4v) is 3.07. The van der Waals surface area contributed by atoms with Gasteiger partial charge in [0.2, 0.25) is 0 Å². The molecular formula is C18H20FN. The molecule has 0 aliphatic heterocycles. The third-order valence-electron chi connectivity index (χ3n) is 4.18. The van der Waals surface area contributed by atoms with Crippen LogP contribution in [0.1, 0.15) is 33.7 Å². The van der Waals surface area contributed by atoms with Crippen LogP contribution in [-0.4, -0.2) is 6.54 Å². The summed E-state index contributed by atoms with van der Waals surface area (Å²) in [4.78, 5) is 0. The first-order chi connectivity index (χ1) is 9.65. The van der Waals surface area contributed by atoms with Crippen LogP contribution in [0.2, 0.25) is 0 Å². The molecule has 3 rings (SSSR count). The van der Waals surface area contributed by atoms with E-state index in [1.807, 2.05) is 26.0 Å². The van der Waals surface area contributed by atoms with Gasteiger partial charge in [0.25, 0.3) is 0 Å². The quantitative estimate of drug-likeness (QED) is 0.888. The molecule has 0 heterocycles. The summed E-state index contributed by atoms with van der Waals surface area (Å²) in [5, 5.41) is 3.50. The zero-order chi connectivity index (χ0) is 14.1. The maximum atomic E-state index is 13.6. The normalized spacial score (nSPS) is 16.6. The first-order valence-electron chi connectivity index (χ1n) is 7.19. The maximum Gasteiger partial charge on any atom is 0.129 e. The Morgan fingerprint density at radius 1 is 1.15 bits per heavy atom.